The van der Waals surface area contributed by atoms with Gasteiger partial charge in [0.1, 0.15) is 10.6 Å². The van der Waals surface area contributed by atoms with E-state index in [1.54, 1.807) is 14.0 Å². The van der Waals surface area contributed by atoms with Crippen molar-refractivity contribution in [2.75, 3.05) is 44.7 Å². The minimum absolute atomic E-state index is 0.108. The van der Waals surface area contributed by atoms with Crippen LogP contribution in [0, 0.1) is 6.92 Å². The molecule has 0 aliphatic carbocycles. The Labute approximate surface area is 127 Å². The average molecular weight is 312 g/mol. The Hall–Kier alpha value is -1.51. The van der Waals surface area contributed by atoms with Gasteiger partial charge in [0.15, 0.2) is 0 Å². The number of nitrogens with zero attached hydrogens (tertiary/aromatic N) is 3. The summed E-state index contributed by atoms with van der Waals surface area (Å²) in [7, 11) is 1.61. The van der Waals surface area contributed by atoms with Gasteiger partial charge in [-0.1, -0.05) is 0 Å². The van der Waals surface area contributed by atoms with Gasteiger partial charge in [0, 0.05) is 20.1 Å². The highest BCUT2D eigenvalue weighted by Gasteiger charge is 2.25. The molecule has 1 aliphatic heterocycles. The number of aromatic nitrogens is 1. The lowest BCUT2D eigenvalue weighted by Gasteiger charge is -2.22. The third kappa shape index (κ3) is 3.78. The molecule has 1 aliphatic rings. The van der Waals surface area contributed by atoms with Gasteiger partial charge >= 0.3 is 5.97 Å². The number of hydrogen-bond donors (Lipinski definition) is 2. The van der Waals surface area contributed by atoms with Crippen molar-refractivity contribution in [2.24, 2.45) is 0 Å². The summed E-state index contributed by atoms with van der Waals surface area (Å²) in [5.74, 6) is -1.15. The summed E-state index contributed by atoms with van der Waals surface area (Å²) in [4.78, 5) is 27.1. The number of aromatic carboxylic acids is 1. The highest BCUT2D eigenvalue weighted by molar-refractivity contribution is 7.11. The number of anilines is 1. The van der Waals surface area contributed by atoms with Gasteiger partial charge in [-0.3, -0.25) is 9.69 Å². The minimum atomic E-state index is -1.05. The fourth-order valence-electron chi connectivity index (χ4n) is 2.30. The molecule has 2 N–H and O–H groups in total. The summed E-state index contributed by atoms with van der Waals surface area (Å²) in [6.45, 7) is 5.48. The lowest BCUT2D eigenvalue weighted by atomic mass is 10.2. The van der Waals surface area contributed by atoms with Gasteiger partial charge in [-0.05, 0) is 38.0 Å². The van der Waals surface area contributed by atoms with Gasteiger partial charge in [0.2, 0.25) is 5.91 Å². The molecule has 0 atom stereocenters. The van der Waals surface area contributed by atoms with E-state index in [2.05, 4.69) is 14.6 Å². The van der Waals surface area contributed by atoms with Crippen molar-refractivity contribution < 1.29 is 14.7 Å². The second-order valence-corrected chi connectivity index (χ2v) is 5.84. The van der Waals surface area contributed by atoms with Gasteiger partial charge in [0.25, 0.3) is 0 Å². The number of carboxylic acids is 1. The standard InChI is InChI=1S/C13H20N4O3S/c1-9-11(13(19)20)12(21-15-9)16(2)10(18)8-17-6-3-4-14-5-7-17/h14H,3-8H2,1-2H3,(H,19,20). The van der Waals surface area contributed by atoms with E-state index >= 15 is 0 Å². The zero-order chi connectivity index (χ0) is 15.4. The lowest BCUT2D eigenvalue weighted by Crippen LogP contribution is -2.40. The van der Waals surface area contributed by atoms with E-state index in [9.17, 15) is 14.7 Å². The highest BCUT2D eigenvalue weighted by atomic mass is 32.1. The number of rotatable bonds is 4. The number of carboxylic acid groups (broad SMARTS) is 1. The van der Waals surface area contributed by atoms with Crippen molar-refractivity contribution in [3.8, 4) is 0 Å². The monoisotopic (exact) mass is 312 g/mol. The fourth-order valence-corrected chi connectivity index (χ4v) is 3.17. The van der Waals surface area contributed by atoms with Gasteiger partial charge in [-0.15, -0.1) is 0 Å². The van der Waals surface area contributed by atoms with Crippen molar-refractivity contribution in [2.45, 2.75) is 13.3 Å². The summed E-state index contributed by atoms with van der Waals surface area (Å²) in [6, 6.07) is 0. The van der Waals surface area contributed by atoms with Crippen molar-refractivity contribution >= 4 is 28.4 Å². The molecular formula is C13H20N4O3S. The molecule has 0 spiro atoms. The Morgan fingerprint density at radius 3 is 2.90 bits per heavy atom. The molecule has 0 aromatic carbocycles. The smallest absolute Gasteiger partial charge is 0.340 e. The van der Waals surface area contributed by atoms with Crippen LogP contribution in [0.2, 0.25) is 0 Å². The van der Waals surface area contributed by atoms with Crippen molar-refractivity contribution in [3.05, 3.63) is 11.3 Å². The van der Waals surface area contributed by atoms with Crippen LogP contribution in [0.25, 0.3) is 0 Å². The van der Waals surface area contributed by atoms with E-state index in [4.69, 9.17) is 0 Å². The molecule has 2 heterocycles. The van der Waals surface area contributed by atoms with E-state index in [0.717, 1.165) is 44.1 Å². The maximum Gasteiger partial charge on any atom is 0.340 e. The largest absolute Gasteiger partial charge is 0.478 e. The van der Waals surface area contributed by atoms with Crippen LogP contribution in [0.5, 0.6) is 0 Å². The van der Waals surface area contributed by atoms with E-state index in [1.165, 1.54) is 4.90 Å². The fraction of sp³-hybridized carbons (Fsp3) is 0.615. The van der Waals surface area contributed by atoms with E-state index in [-0.39, 0.29) is 11.5 Å². The summed E-state index contributed by atoms with van der Waals surface area (Å²) < 4.78 is 4.05. The third-order valence-electron chi connectivity index (χ3n) is 3.53. The average Bonchev–Trinajstić information content (AvgIpc) is 2.65. The van der Waals surface area contributed by atoms with Crippen molar-refractivity contribution in [3.63, 3.8) is 0 Å². The maximum atomic E-state index is 12.4. The van der Waals surface area contributed by atoms with Crippen LogP contribution in [-0.2, 0) is 4.79 Å². The third-order valence-corrected chi connectivity index (χ3v) is 4.54. The number of nitrogens with one attached hydrogen (secondary N) is 1. The first-order chi connectivity index (χ1) is 10.0. The minimum Gasteiger partial charge on any atom is -0.478 e. The van der Waals surface area contributed by atoms with Crippen LogP contribution in [0.1, 0.15) is 22.5 Å². The second-order valence-electron chi connectivity index (χ2n) is 5.09. The molecular weight excluding hydrogens is 292 g/mol. The van der Waals surface area contributed by atoms with Crippen LogP contribution >= 0.6 is 11.5 Å². The quantitative estimate of drug-likeness (QED) is 0.837. The molecule has 0 saturated carbocycles. The summed E-state index contributed by atoms with van der Waals surface area (Å²) in [6.07, 6.45) is 1.01. The molecule has 0 unspecified atom stereocenters. The zero-order valence-electron chi connectivity index (χ0n) is 12.3. The predicted octanol–water partition coefficient (Wildman–Crippen LogP) is 0.408. The Bertz CT molecular complexity index is 523. The van der Waals surface area contributed by atoms with Gasteiger partial charge in [-0.2, -0.15) is 4.37 Å². The topological polar surface area (TPSA) is 85.8 Å². The number of amides is 1. The van der Waals surface area contributed by atoms with E-state index in [0.29, 0.717) is 17.2 Å². The highest BCUT2D eigenvalue weighted by Crippen LogP contribution is 2.27. The van der Waals surface area contributed by atoms with E-state index in [1.807, 2.05) is 0 Å². The summed E-state index contributed by atoms with van der Waals surface area (Å²) in [5.41, 5.74) is 0.564. The SMILES string of the molecule is Cc1nsc(N(C)C(=O)CN2CCCNCC2)c1C(=O)O. The molecule has 2 rings (SSSR count). The van der Waals surface area contributed by atoms with Crippen LogP contribution in [-0.4, -0.2) is 66.0 Å². The van der Waals surface area contributed by atoms with Gasteiger partial charge in [0.05, 0.1) is 12.2 Å². The Morgan fingerprint density at radius 2 is 2.19 bits per heavy atom. The van der Waals surface area contributed by atoms with Crippen LogP contribution in [0.3, 0.4) is 0 Å². The second kappa shape index (κ2) is 6.97. The lowest BCUT2D eigenvalue weighted by molar-refractivity contribution is -0.119. The Balaban J connectivity index is 2.07. The van der Waals surface area contributed by atoms with E-state index < -0.39 is 5.97 Å². The summed E-state index contributed by atoms with van der Waals surface area (Å²) in [5, 5.41) is 12.9. The Kier molecular flexibility index (Phi) is 5.27. The molecule has 1 amide bonds. The molecule has 7 nitrogen and oxygen atoms in total. The number of carbonyl (C=O) groups is 2. The molecule has 21 heavy (non-hydrogen) atoms. The molecule has 8 heteroatoms. The number of hydrogen-bond acceptors (Lipinski definition) is 6. The Morgan fingerprint density at radius 1 is 1.43 bits per heavy atom. The first-order valence-corrected chi connectivity index (χ1v) is 7.67. The first-order valence-electron chi connectivity index (χ1n) is 6.90. The maximum absolute atomic E-state index is 12.4. The molecule has 116 valence electrons. The number of likely N-dealkylation sites (N-methyl/N-ethyl adjacent to an activating group) is 1. The van der Waals surface area contributed by atoms with Crippen LogP contribution in [0.15, 0.2) is 0 Å². The molecule has 1 aromatic rings. The zero-order valence-corrected chi connectivity index (χ0v) is 13.1. The predicted molar refractivity (Wildman–Crippen MR) is 81.1 cm³/mol. The van der Waals surface area contributed by atoms with Crippen LogP contribution < -0.4 is 10.2 Å². The molecule has 0 bridgehead atoms. The first kappa shape index (κ1) is 15.9. The van der Waals surface area contributed by atoms with Gasteiger partial charge in [-0.25, -0.2) is 4.79 Å². The molecule has 1 aromatic heterocycles. The number of carbonyl (C=O) groups excluding carboxylic acids is 1. The molecule has 0 radical (unpaired) electrons. The van der Waals surface area contributed by atoms with Crippen molar-refractivity contribution in [1.29, 1.82) is 0 Å². The molecule has 1 saturated heterocycles. The summed E-state index contributed by atoms with van der Waals surface area (Å²) >= 11 is 1.05. The molecule has 1 fully saturated rings. The van der Waals surface area contributed by atoms with Gasteiger partial charge < -0.3 is 15.3 Å². The van der Waals surface area contributed by atoms with Crippen molar-refractivity contribution in [1.82, 2.24) is 14.6 Å². The normalized spacial score (nSPS) is 16.5. The van der Waals surface area contributed by atoms with Crippen LogP contribution in [0.4, 0.5) is 5.00 Å². The number of aryl methyl sites for hydroxylation is 1.